The van der Waals surface area contributed by atoms with E-state index in [1.54, 1.807) is 47.0 Å². The molecule has 9 nitrogen and oxygen atoms in total. The summed E-state index contributed by atoms with van der Waals surface area (Å²) in [5.74, 6) is -0.186. The molecule has 0 radical (unpaired) electrons. The molecular weight excluding hydrogens is 456 g/mol. The molecule has 1 aliphatic heterocycles. The van der Waals surface area contributed by atoms with Crippen LogP contribution in [-0.4, -0.2) is 45.0 Å². The Balaban J connectivity index is 1.44. The van der Waals surface area contributed by atoms with Crippen LogP contribution < -0.4 is 5.32 Å². The van der Waals surface area contributed by atoms with E-state index in [0.717, 1.165) is 11.1 Å². The Morgan fingerprint density at radius 3 is 2.58 bits per heavy atom. The van der Waals surface area contributed by atoms with E-state index in [0.29, 0.717) is 66.5 Å². The summed E-state index contributed by atoms with van der Waals surface area (Å²) in [5, 5.41) is 12.0. The Kier molecular flexibility index (Phi) is 6.43. The number of nitrogens with one attached hydrogen (secondary N) is 1. The number of anilines is 1. The number of carbonyl (C=O) groups is 2. The lowest BCUT2D eigenvalue weighted by molar-refractivity contribution is 0.0751. The minimum Gasteiger partial charge on any atom is -0.385 e. The zero-order valence-electron chi connectivity index (χ0n) is 19.8. The van der Waals surface area contributed by atoms with Crippen LogP contribution in [0.4, 0.5) is 5.95 Å². The highest BCUT2D eigenvalue weighted by atomic mass is 16.5. The summed E-state index contributed by atoms with van der Waals surface area (Å²) in [6.45, 7) is 2.16. The Hall–Kier alpha value is -4.55. The number of rotatable bonds is 7. The second-order valence-electron chi connectivity index (χ2n) is 8.58. The lowest BCUT2D eigenvalue weighted by atomic mass is 10.1. The summed E-state index contributed by atoms with van der Waals surface area (Å²) in [7, 11) is 1.63. The maximum atomic E-state index is 13.2. The summed E-state index contributed by atoms with van der Waals surface area (Å²) in [5.41, 5.74) is 4.55. The molecule has 1 aliphatic rings. The first kappa shape index (κ1) is 23.2. The van der Waals surface area contributed by atoms with Gasteiger partial charge >= 0.3 is 0 Å². The van der Waals surface area contributed by atoms with Crippen LogP contribution in [0, 0.1) is 11.3 Å². The van der Waals surface area contributed by atoms with Crippen molar-refractivity contribution in [1.29, 1.82) is 5.26 Å². The second-order valence-corrected chi connectivity index (χ2v) is 8.58. The van der Waals surface area contributed by atoms with Crippen LogP contribution in [0.2, 0.25) is 0 Å². The van der Waals surface area contributed by atoms with Gasteiger partial charge in [-0.1, -0.05) is 30.3 Å². The first-order valence-electron chi connectivity index (χ1n) is 11.6. The van der Waals surface area contributed by atoms with Crippen molar-refractivity contribution >= 4 is 28.9 Å². The predicted molar refractivity (Wildman–Crippen MR) is 133 cm³/mol. The zero-order valence-corrected chi connectivity index (χ0v) is 19.8. The third-order valence-corrected chi connectivity index (χ3v) is 6.17. The van der Waals surface area contributed by atoms with Gasteiger partial charge in [-0.15, -0.1) is 0 Å². The van der Waals surface area contributed by atoms with Crippen molar-refractivity contribution in [3.63, 3.8) is 0 Å². The minimum absolute atomic E-state index is 0.117. The Bertz CT molecular complexity index is 1480. The summed E-state index contributed by atoms with van der Waals surface area (Å²) < 4.78 is 6.99. The fourth-order valence-electron chi connectivity index (χ4n) is 4.37. The van der Waals surface area contributed by atoms with Gasteiger partial charge in [-0.3, -0.25) is 19.5 Å². The van der Waals surface area contributed by atoms with Gasteiger partial charge in [0.2, 0.25) is 5.95 Å². The molecule has 4 aromatic rings. The number of pyridine rings is 1. The molecule has 180 valence electrons. The summed E-state index contributed by atoms with van der Waals surface area (Å²) >= 11 is 0. The number of methoxy groups -OCH3 is 1. The second kappa shape index (κ2) is 9.98. The smallest absolute Gasteiger partial charge is 0.258 e. The fraction of sp³-hybridized carbons (Fsp3) is 0.222. The number of aromatic nitrogens is 3. The molecule has 0 spiro atoms. The van der Waals surface area contributed by atoms with Gasteiger partial charge < -0.3 is 9.64 Å². The Labute approximate surface area is 208 Å². The molecular formula is C27H24N6O3. The number of nitriles is 1. The van der Waals surface area contributed by atoms with Crippen LogP contribution in [0.15, 0.2) is 60.8 Å². The maximum Gasteiger partial charge on any atom is 0.258 e. The van der Waals surface area contributed by atoms with E-state index in [1.807, 2.05) is 30.3 Å². The van der Waals surface area contributed by atoms with Gasteiger partial charge in [0.25, 0.3) is 11.8 Å². The molecule has 9 heteroatoms. The van der Waals surface area contributed by atoms with Gasteiger partial charge in [0.05, 0.1) is 17.2 Å². The first-order valence-corrected chi connectivity index (χ1v) is 11.6. The molecule has 0 atom stereocenters. The van der Waals surface area contributed by atoms with E-state index in [4.69, 9.17) is 10.00 Å². The van der Waals surface area contributed by atoms with Crippen LogP contribution in [0.25, 0.3) is 11.2 Å². The minimum atomic E-state index is -0.387. The Morgan fingerprint density at radius 1 is 1.08 bits per heavy atom. The molecule has 5 rings (SSSR count). The number of benzene rings is 2. The van der Waals surface area contributed by atoms with E-state index in [9.17, 15) is 9.59 Å². The van der Waals surface area contributed by atoms with Crippen molar-refractivity contribution in [2.75, 3.05) is 19.0 Å². The number of aryl methyl sites for hydroxylation is 1. The van der Waals surface area contributed by atoms with Gasteiger partial charge in [-0.2, -0.15) is 5.26 Å². The van der Waals surface area contributed by atoms with E-state index in [-0.39, 0.29) is 11.8 Å². The number of fused-ring (bicyclic) bond motifs is 2. The molecule has 0 saturated carbocycles. The predicted octanol–water partition coefficient (Wildman–Crippen LogP) is 3.75. The van der Waals surface area contributed by atoms with Gasteiger partial charge in [0, 0.05) is 45.1 Å². The van der Waals surface area contributed by atoms with Gasteiger partial charge in [-0.05, 0) is 41.8 Å². The average Bonchev–Trinajstić information content (AvgIpc) is 3.49. The normalized spacial score (nSPS) is 12.4. The SMILES string of the molecule is COCCCn1c(NC(=O)c2cccc(C#N)c2)nc2cc(C(=O)N3Cc4ccccc4C3)cnc21. The molecule has 0 unspecified atom stereocenters. The molecule has 0 fully saturated rings. The number of carbonyl (C=O) groups excluding carboxylic acids is 2. The number of imidazole rings is 1. The van der Waals surface area contributed by atoms with Gasteiger partial charge in [-0.25, -0.2) is 9.97 Å². The zero-order chi connectivity index (χ0) is 25.1. The topological polar surface area (TPSA) is 113 Å². The molecule has 2 amide bonds. The fourth-order valence-corrected chi connectivity index (χ4v) is 4.37. The monoisotopic (exact) mass is 480 g/mol. The van der Waals surface area contributed by atoms with Crippen LogP contribution in [-0.2, 0) is 24.4 Å². The molecule has 2 aromatic carbocycles. The molecule has 2 aromatic heterocycles. The lowest BCUT2D eigenvalue weighted by Gasteiger charge is -2.15. The highest BCUT2D eigenvalue weighted by Gasteiger charge is 2.25. The summed E-state index contributed by atoms with van der Waals surface area (Å²) in [6, 6.07) is 18.2. The molecule has 1 N–H and O–H groups in total. The van der Waals surface area contributed by atoms with Crippen molar-refractivity contribution in [2.45, 2.75) is 26.1 Å². The average molecular weight is 481 g/mol. The summed E-state index contributed by atoms with van der Waals surface area (Å²) in [6.07, 6.45) is 2.24. The number of ether oxygens (including phenoxy) is 1. The summed E-state index contributed by atoms with van der Waals surface area (Å²) in [4.78, 5) is 37.1. The molecule has 0 saturated heterocycles. The van der Waals surface area contributed by atoms with Gasteiger partial charge in [0.1, 0.15) is 5.52 Å². The van der Waals surface area contributed by atoms with Crippen molar-refractivity contribution in [3.8, 4) is 6.07 Å². The number of nitrogens with zero attached hydrogens (tertiary/aromatic N) is 5. The third-order valence-electron chi connectivity index (χ3n) is 6.17. The standard InChI is InChI=1S/C27H24N6O3/c1-36-11-5-10-33-24-23(30-27(33)31-25(34)19-9-4-6-18(12-19)14-28)13-22(15-29-24)26(35)32-16-20-7-2-3-8-21(20)17-32/h2-4,6-9,12-13,15H,5,10-11,16-17H2,1H3,(H,30,31,34). The highest BCUT2D eigenvalue weighted by Crippen LogP contribution is 2.26. The number of hydrogen-bond acceptors (Lipinski definition) is 6. The molecule has 36 heavy (non-hydrogen) atoms. The molecule has 0 aliphatic carbocycles. The van der Waals surface area contributed by atoms with Crippen LogP contribution in [0.3, 0.4) is 0 Å². The first-order chi connectivity index (χ1) is 17.6. The maximum absolute atomic E-state index is 13.2. The van der Waals surface area contributed by atoms with E-state index >= 15 is 0 Å². The number of hydrogen-bond donors (Lipinski definition) is 1. The van der Waals surface area contributed by atoms with E-state index in [2.05, 4.69) is 15.3 Å². The van der Waals surface area contributed by atoms with Crippen molar-refractivity contribution in [3.05, 3.63) is 88.6 Å². The van der Waals surface area contributed by atoms with Crippen LogP contribution >= 0.6 is 0 Å². The van der Waals surface area contributed by atoms with Crippen molar-refractivity contribution < 1.29 is 14.3 Å². The van der Waals surface area contributed by atoms with Crippen molar-refractivity contribution in [2.24, 2.45) is 0 Å². The quantitative estimate of drug-likeness (QED) is 0.403. The van der Waals surface area contributed by atoms with Crippen LogP contribution in [0.1, 0.15) is 43.8 Å². The van der Waals surface area contributed by atoms with Crippen LogP contribution in [0.5, 0.6) is 0 Å². The Morgan fingerprint density at radius 2 is 1.86 bits per heavy atom. The van der Waals surface area contributed by atoms with E-state index in [1.165, 1.54) is 6.07 Å². The molecule has 0 bridgehead atoms. The highest BCUT2D eigenvalue weighted by molar-refractivity contribution is 6.04. The third kappa shape index (κ3) is 4.54. The largest absolute Gasteiger partial charge is 0.385 e. The van der Waals surface area contributed by atoms with Gasteiger partial charge in [0.15, 0.2) is 5.65 Å². The van der Waals surface area contributed by atoms with E-state index < -0.39 is 0 Å². The number of amides is 2. The lowest BCUT2D eigenvalue weighted by Crippen LogP contribution is -2.25. The molecule has 3 heterocycles. The van der Waals surface area contributed by atoms with Crippen molar-refractivity contribution in [1.82, 2.24) is 19.4 Å².